The predicted molar refractivity (Wildman–Crippen MR) is 126 cm³/mol. The maximum atomic E-state index is 12.8. The topological polar surface area (TPSA) is 103 Å². The van der Waals surface area contributed by atoms with Crippen molar-refractivity contribution < 1.29 is 14.4 Å². The maximum absolute atomic E-state index is 12.8. The standard InChI is InChI=1S/C25H25N5O3/c31-23(15-22-25(33)27-12-13-30(22)17-18-6-2-1-3-7-18)28-20-9-4-10-21(14-20)29-24(32)19-8-5-11-26-16-19/h1-11,14,16,22H,12-13,15,17H2,(H,27,33)(H,28,31)(H,29,32). The van der Waals surface area contributed by atoms with Gasteiger partial charge >= 0.3 is 0 Å². The van der Waals surface area contributed by atoms with Crippen molar-refractivity contribution in [2.24, 2.45) is 0 Å². The number of pyridine rings is 1. The van der Waals surface area contributed by atoms with Gasteiger partial charge in [0.05, 0.1) is 18.0 Å². The van der Waals surface area contributed by atoms with Gasteiger partial charge in [-0.3, -0.25) is 24.3 Å². The number of anilines is 2. The molecule has 3 amide bonds. The molecule has 168 valence electrons. The Morgan fingerprint density at radius 2 is 1.79 bits per heavy atom. The molecule has 8 nitrogen and oxygen atoms in total. The van der Waals surface area contributed by atoms with Crippen LogP contribution in [-0.4, -0.2) is 46.7 Å². The maximum Gasteiger partial charge on any atom is 0.257 e. The first-order valence-electron chi connectivity index (χ1n) is 10.8. The van der Waals surface area contributed by atoms with E-state index in [1.165, 1.54) is 6.20 Å². The minimum absolute atomic E-state index is 0.0327. The molecule has 1 unspecified atom stereocenters. The van der Waals surface area contributed by atoms with Gasteiger partial charge in [-0.25, -0.2) is 0 Å². The lowest BCUT2D eigenvalue weighted by molar-refractivity contribution is -0.132. The average molecular weight is 444 g/mol. The minimum atomic E-state index is -0.549. The predicted octanol–water partition coefficient (Wildman–Crippen LogP) is 2.66. The van der Waals surface area contributed by atoms with Gasteiger partial charge in [0.2, 0.25) is 11.8 Å². The molecule has 0 aliphatic carbocycles. The Balaban J connectivity index is 1.38. The molecular formula is C25H25N5O3. The zero-order valence-corrected chi connectivity index (χ0v) is 18.0. The van der Waals surface area contributed by atoms with Crippen molar-refractivity contribution in [3.63, 3.8) is 0 Å². The number of hydrogen-bond acceptors (Lipinski definition) is 5. The molecule has 0 radical (unpaired) electrons. The normalized spacial score (nSPS) is 16.0. The van der Waals surface area contributed by atoms with Crippen LogP contribution < -0.4 is 16.0 Å². The third-order valence-electron chi connectivity index (χ3n) is 5.38. The Bertz CT molecular complexity index is 1120. The summed E-state index contributed by atoms with van der Waals surface area (Å²) < 4.78 is 0. The summed E-state index contributed by atoms with van der Waals surface area (Å²) in [5.74, 6) is -0.710. The van der Waals surface area contributed by atoms with Gasteiger partial charge in [0.15, 0.2) is 0 Å². The van der Waals surface area contributed by atoms with Crippen molar-refractivity contribution in [2.75, 3.05) is 23.7 Å². The number of piperazine rings is 1. The van der Waals surface area contributed by atoms with E-state index in [9.17, 15) is 14.4 Å². The zero-order valence-electron chi connectivity index (χ0n) is 18.0. The second kappa shape index (κ2) is 10.5. The number of carbonyl (C=O) groups is 3. The molecule has 1 saturated heterocycles. The van der Waals surface area contributed by atoms with Gasteiger partial charge in [-0.15, -0.1) is 0 Å². The molecule has 3 aromatic rings. The highest BCUT2D eigenvalue weighted by molar-refractivity contribution is 6.04. The Hall–Kier alpha value is -4.04. The number of hydrogen-bond donors (Lipinski definition) is 3. The quantitative estimate of drug-likeness (QED) is 0.521. The zero-order chi connectivity index (χ0) is 23.0. The molecule has 0 saturated carbocycles. The fourth-order valence-corrected chi connectivity index (χ4v) is 3.75. The highest BCUT2D eigenvalue weighted by Gasteiger charge is 2.31. The second-order valence-corrected chi connectivity index (χ2v) is 7.79. The summed E-state index contributed by atoms with van der Waals surface area (Å²) in [5.41, 5.74) is 2.61. The molecule has 1 aliphatic heterocycles. The molecule has 1 aromatic heterocycles. The lowest BCUT2D eigenvalue weighted by Gasteiger charge is -2.34. The molecule has 2 aromatic carbocycles. The Morgan fingerprint density at radius 1 is 1.00 bits per heavy atom. The van der Waals surface area contributed by atoms with E-state index in [1.807, 2.05) is 35.2 Å². The van der Waals surface area contributed by atoms with E-state index in [-0.39, 0.29) is 24.1 Å². The van der Waals surface area contributed by atoms with Crippen LogP contribution in [0.15, 0.2) is 79.1 Å². The van der Waals surface area contributed by atoms with Crippen LogP contribution in [-0.2, 0) is 16.1 Å². The monoisotopic (exact) mass is 443 g/mol. The van der Waals surface area contributed by atoms with Crippen molar-refractivity contribution in [3.05, 3.63) is 90.3 Å². The van der Waals surface area contributed by atoms with Gasteiger partial charge in [-0.1, -0.05) is 36.4 Å². The van der Waals surface area contributed by atoms with E-state index < -0.39 is 6.04 Å². The number of amides is 3. The van der Waals surface area contributed by atoms with E-state index in [0.29, 0.717) is 36.6 Å². The van der Waals surface area contributed by atoms with Gasteiger partial charge in [-0.05, 0) is 35.9 Å². The van der Waals surface area contributed by atoms with Crippen LogP contribution in [0.5, 0.6) is 0 Å². The number of carbonyl (C=O) groups excluding carboxylic acids is 3. The highest BCUT2D eigenvalue weighted by atomic mass is 16.2. The smallest absolute Gasteiger partial charge is 0.257 e. The van der Waals surface area contributed by atoms with Crippen molar-refractivity contribution in [3.8, 4) is 0 Å². The van der Waals surface area contributed by atoms with Crippen LogP contribution in [0, 0.1) is 0 Å². The number of benzene rings is 2. The molecule has 0 bridgehead atoms. The fraction of sp³-hybridized carbons (Fsp3) is 0.200. The van der Waals surface area contributed by atoms with Gasteiger partial charge < -0.3 is 16.0 Å². The van der Waals surface area contributed by atoms with Crippen LogP contribution >= 0.6 is 0 Å². The molecule has 1 atom stereocenters. The molecule has 1 aliphatic rings. The van der Waals surface area contributed by atoms with Gasteiger partial charge in [0, 0.05) is 43.4 Å². The molecule has 2 heterocycles. The van der Waals surface area contributed by atoms with Crippen LogP contribution in [0.25, 0.3) is 0 Å². The lowest BCUT2D eigenvalue weighted by Crippen LogP contribution is -2.55. The summed E-state index contributed by atoms with van der Waals surface area (Å²) in [6, 6.07) is 19.6. The average Bonchev–Trinajstić information content (AvgIpc) is 2.83. The van der Waals surface area contributed by atoms with Gasteiger partial charge in [0.25, 0.3) is 5.91 Å². The lowest BCUT2D eigenvalue weighted by atomic mass is 10.1. The molecule has 1 fully saturated rings. The Morgan fingerprint density at radius 3 is 2.55 bits per heavy atom. The molecule has 3 N–H and O–H groups in total. The van der Waals surface area contributed by atoms with Crippen LogP contribution in [0.3, 0.4) is 0 Å². The summed E-state index contributed by atoms with van der Waals surface area (Å²) in [7, 11) is 0. The van der Waals surface area contributed by atoms with Crippen molar-refractivity contribution in [1.29, 1.82) is 0 Å². The Labute approximate surface area is 192 Å². The summed E-state index contributed by atoms with van der Waals surface area (Å²) in [6.45, 7) is 1.83. The molecule has 8 heteroatoms. The van der Waals surface area contributed by atoms with Crippen LogP contribution in [0.2, 0.25) is 0 Å². The summed E-state index contributed by atoms with van der Waals surface area (Å²) in [5, 5.41) is 8.48. The SMILES string of the molecule is O=C(CC1C(=O)NCCN1Cc1ccccc1)Nc1cccc(NC(=O)c2cccnc2)c1. The first-order chi connectivity index (χ1) is 16.1. The largest absolute Gasteiger partial charge is 0.353 e. The molecule has 4 rings (SSSR count). The first-order valence-corrected chi connectivity index (χ1v) is 10.8. The summed E-state index contributed by atoms with van der Waals surface area (Å²) in [4.78, 5) is 43.6. The molecule has 33 heavy (non-hydrogen) atoms. The first kappa shape index (κ1) is 22.2. The van der Waals surface area contributed by atoms with Crippen molar-refractivity contribution in [1.82, 2.24) is 15.2 Å². The number of aromatic nitrogens is 1. The second-order valence-electron chi connectivity index (χ2n) is 7.79. The van der Waals surface area contributed by atoms with Gasteiger partial charge in [0.1, 0.15) is 0 Å². The number of rotatable bonds is 7. The third kappa shape index (κ3) is 6.02. The van der Waals surface area contributed by atoms with Crippen LogP contribution in [0.4, 0.5) is 11.4 Å². The summed E-state index contributed by atoms with van der Waals surface area (Å²) >= 11 is 0. The third-order valence-corrected chi connectivity index (χ3v) is 5.38. The van der Waals surface area contributed by atoms with Crippen molar-refractivity contribution in [2.45, 2.75) is 19.0 Å². The van der Waals surface area contributed by atoms with E-state index in [4.69, 9.17) is 0 Å². The number of nitrogens with zero attached hydrogens (tertiary/aromatic N) is 2. The number of nitrogens with one attached hydrogen (secondary N) is 3. The van der Waals surface area contributed by atoms with E-state index in [2.05, 4.69) is 20.9 Å². The van der Waals surface area contributed by atoms with E-state index in [0.717, 1.165) is 5.56 Å². The highest BCUT2D eigenvalue weighted by Crippen LogP contribution is 2.18. The summed E-state index contributed by atoms with van der Waals surface area (Å²) in [6.07, 6.45) is 3.11. The van der Waals surface area contributed by atoms with Crippen LogP contribution in [0.1, 0.15) is 22.3 Å². The van der Waals surface area contributed by atoms with Gasteiger partial charge in [-0.2, -0.15) is 0 Å². The molecule has 0 spiro atoms. The van der Waals surface area contributed by atoms with E-state index >= 15 is 0 Å². The minimum Gasteiger partial charge on any atom is -0.353 e. The van der Waals surface area contributed by atoms with Crippen molar-refractivity contribution >= 4 is 29.1 Å². The van der Waals surface area contributed by atoms with E-state index in [1.54, 1.807) is 42.6 Å². The molecular weight excluding hydrogens is 418 g/mol. The Kier molecular flexibility index (Phi) is 7.06. The fourth-order valence-electron chi connectivity index (χ4n) is 3.75.